The summed E-state index contributed by atoms with van der Waals surface area (Å²) in [5, 5.41) is 9.15. The van der Waals surface area contributed by atoms with E-state index < -0.39 is 11.7 Å². The number of carbonyl (C=O) groups is 1. The Morgan fingerprint density at radius 2 is 1.59 bits per heavy atom. The van der Waals surface area contributed by atoms with Gasteiger partial charge in [0.2, 0.25) is 0 Å². The second kappa shape index (κ2) is 19.5. The molecule has 1 saturated heterocycles. The summed E-state index contributed by atoms with van der Waals surface area (Å²) in [4.78, 5) is 12.3. The topological polar surface area (TPSA) is 92.7 Å². The molecule has 8 nitrogen and oxygen atoms in total. The van der Waals surface area contributed by atoms with Crippen molar-refractivity contribution in [3.05, 3.63) is 84.0 Å². The predicted octanol–water partition coefficient (Wildman–Crippen LogP) is 7.74. The van der Waals surface area contributed by atoms with E-state index in [1.807, 2.05) is 75.4 Å². The van der Waals surface area contributed by atoms with Crippen LogP contribution < -0.4 is 9.47 Å². The van der Waals surface area contributed by atoms with Crippen molar-refractivity contribution < 1.29 is 38.3 Å². The Hall–Kier alpha value is -3.17. The van der Waals surface area contributed by atoms with E-state index in [2.05, 4.69) is 19.1 Å². The first-order chi connectivity index (χ1) is 22.1. The maximum Gasteiger partial charge on any atom is 0.311 e. The van der Waals surface area contributed by atoms with Gasteiger partial charge in [-0.3, -0.25) is 4.79 Å². The molecule has 2 aromatic rings. The lowest BCUT2D eigenvalue weighted by atomic mass is 9.96. The SMILES string of the molecule is COc1ccc(CO[C@@H](CC/C=C/C[C@H]2C[C@@H](CCOC(=O)C(C)(C)C)O[C@@H](c3ccc(OC)cc3)O2)[C@H](C)C/C=C/CO)cc1. The van der Waals surface area contributed by atoms with E-state index in [1.165, 1.54) is 0 Å². The molecule has 8 heteroatoms. The summed E-state index contributed by atoms with van der Waals surface area (Å²) in [5.74, 6) is 1.68. The van der Waals surface area contributed by atoms with Crippen LogP contribution >= 0.6 is 0 Å². The second-order valence-corrected chi connectivity index (χ2v) is 12.9. The molecular weight excluding hydrogens is 584 g/mol. The normalized spacial score (nSPS) is 20.1. The first-order valence-corrected chi connectivity index (χ1v) is 16.4. The summed E-state index contributed by atoms with van der Waals surface area (Å²) in [5.41, 5.74) is 1.49. The first kappa shape index (κ1) is 37.3. The third kappa shape index (κ3) is 12.9. The number of hydrogen-bond donors (Lipinski definition) is 1. The van der Waals surface area contributed by atoms with Gasteiger partial charge in [-0.2, -0.15) is 0 Å². The fraction of sp³-hybridized carbons (Fsp3) is 0.553. The van der Waals surface area contributed by atoms with E-state index in [4.69, 9.17) is 33.5 Å². The zero-order valence-electron chi connectivity index (χ0n) is 28.5. The molecule has 3 rings (SSSR count). The van der Waals surface area contributed by atoms with Crippen molar-refractivity contribution >= 4 is 5.97 Å². The van der Waals surface area contributed by atoms with Gasteiger partial charge in [-0.15, -0.1) is 0 Å². The Kier molecular flexibility index (Phi) is 15.8. The number of rotatable bonds is 18. The number of esters is 1. The highest BCUT2D eigenvalue weighted by Crippen LogP contribution is 2.33. The number of hydrogen-bond acceptors (Lipinski definition) is 8. The van der Waals surface area contributed by atoms with Crippen LogP contribution in [0.2, 0.25) is 0 Å². The van der Waals surface area contributed by atoms with Gasteiger partial charge in [-0.1, -0.05) is 55.5 Å². The number of benzene rings is 2. The Morgan fingerprint density at radius 1 is 0.935 bits per heavy atom. The van der Waals surface area contributed by atoms with Crippen molar-refractivity contribution in [3.63, 3.8) is 0 Å². The summed E-state index contributed by atoms with van der Waals surface area (Å²) in [6.07, 6.45) is 12.3. The van der Waals surface area contributed by atoms with E-state index in [1.54, 1.807) is 20.3 Å². The van der Waals surface area contributed by atoms with E-state index in [0.717, 1.165) is 48.3 Å². The molecular formula is C38H54O8. The Bertz CT molecular complexity index is 1200. The third-order valence-electron chi connectivity index (χ3n) is 8.05. The average molecular weight is 639 g/mol. The molecule has 0 aromatic heterocycles. The van der Waals surface area contributed by atoms with Gasteiger partial charge >= 0.3 is 5.97 Å². The van der Waals surface area contributed by atoms with Gasteiger partial charge < -0.3 is 33.5 Å². The number of ether oxygens (including phenoxy) is 6. The molecule has 0 amide bonds. The molecule has 0 aliphatic carbocycles. The first-order valence-electron chi connectivity index (χ1n) is 16.4. The maximum atomic E-state index is 12.3. The van der Waals surface area contributed by atoms with E-state index in [-0.39, 0.29) is 30.9 Å². The molecule has 0 unspecified atom stereocenters. The zero-order valence-corrected chi connectivity index (χ0v) is 28.5. The van der Waals surface area contributed by atoms with Crippen molar-refractivity contribution in [3.8, 4) is 11.5 Å². The molecule has 46 heavy (non-hydrogen) atoms. The van der Waals surface area contributed by atoms with Crippen LogP contribution in [-0.4, -0.2) is 56.8 Å². The van der Waals surface area contributed by atoms with Crippen LogP contribution in [0.25, 0.3) is 0 Å². The van der Waals surface area contributed by atoms with Crippen molar-refractivity contribution in [2.45, 2.75) is 97.4 Å². The van der Waals surface area contributed by atoms with Crippen molar-refractivity contribution in [2.75, 3.05) is 27.4 Å². The number of methoxy groups -OCH3 is 2. The minimum Gasteiger partial charge on any atom is -0.497 e. The summed E-state index contributed by atoms with van der Waals surface area (Å²) >= 11 is 0. The number of aliphatic hydroxyl groups excluding tert-OH is 1. The maximum absolute atomic E-state index is 12.3. The van der Waals surface area contributed by atoms with E-state index in [9.17, 15) is 4.79 Å². The fourth-order valence-corrected chi connectivity index (χ4v) is 5.16. The van der Waals surface area contributed by atoms with Crippen molar-refractivity contribution in [1.29, 1.82) is 0 Å². The minimum atomic E-state index is -0.539. The zero-order chi connectivity index (χ0) is 33.4. The molecule has 2 aromatic carbocycles. The Balaban J connectivity index is 1.58. The molecule has 1 fully saturated rings. The number of allylic oxidation sites excluding steroid dienone is 2. The van der Waals surface area contributed by atoms with Gasteiger partial charge in [-0.05, 0) is 82.2 Å². The Labute approximate surface area is 275 Å². The molecule has 0 radical (unpaired) electrons. The number of carbonyl (C=O) groups excluding carboxylic acids is 1. The summed E-state index contributed by atoms with van der Waals surface area (Å²) in [7, 11) is 3.31. The lowest BCUT2D eigenvalue weighted by Crippen LogP contribution is -2.35. The standard InChI is InChI=1S/C38H54O8/c1-28(12-10-11-24-39)35(44-27-29-15-19-31(41-5)20-16-29)14-9-7-8-13-33-26-34(23-25-43-37(40)38(2,3)4)46-36(45-33)30-17-21-32(42-6)22-18-30/h7-8,10-11,15-22,28,33-36,39H,9,12-14,23-27H2,1-6H3/b8-7+,11-10+/t28-,33+,34-,35+,36+/m1/s1. The van der Waals surface area contributed by atoms with Gasteiger partial charge in [0.15, 0.2) is 6.29 Å². The summed E-state index contributed by atoms with van der Waals surface area (Å²) in [6.45, 7) is 8.64. The van der Waals surface area contributed by atoms with Gasteiger partial charge in [0.05, 0.1) is 57.8 Å². The van der Waals surface area contributed by atoms with E-state index in [0.29, 0.717) is 32.0 Å². The highest BCUT2D eigenvalue weighted by atomic mass is 16.7. The molecule has 0 bridgehead atoms. The van der Waals surface area contributed by atoms with E-state index >= 15 is 0 Å². The molecule has 1 aliphatic heterocycles. The minimum absolute atomic E-state index is 0.0370. The molecule has 0 spiro atoms. The molecule has 1 heterocycles. The average Bonchev–Trinajstić information content (AvgIpc) is 3.05. The highest BCUT2D eigenvalue weighted by molar-refractivity contribution is 5.75. The lowest BCUT2D eigenvalue weighted by molar-refractivity contribution is -0.249. The lowest BCUT2D eigenvalue weighted by Gasteiger charge is -2.36. The third-order valence-corrected chi connectivity index (χ3v) is 8.05. The second-order valence-electron chi connectivity index (χ2n) is 12.9. The quantitative estimate of drug-likeness (QED) is 0.131. The molecule has 0 saturated carbocycles. The smallest absolute Gasteiger partial charge is 0.311 e. The Morgan fingerprint density at radius 3 is 2.22 bits per heavy atom. The largest absolute Gasteiger partial charge is 0.497 e. The summed E-state index contributed by atoms with van der Waals surface area (Å²) in [6, 6.07) is 15.7. The summed E-state index contributed by atoms with van der Waals surface area (Å²) < 4.78 is 35.2. The monoisotopic (exact) mass is 638 g/mol. The van der Waals surface area contributed by atoms with Crippen LogP contribution in [0.4, 0.5) is 0 Å². The van der Waals surface area contributed by atoms with Gasteiger partial charge in [0, 0.05) is 18.4 Å². The fourth-order valence-electron chi connectivity index (χ4n) is 5.16. The van der Waals surface area contributed by atoms with Crippen LogP contribution in [0, 0.1) is 11.3 Å². The van der Waals surface area contributed by atoms with Crippen LogP contribution in [0.15, 0.2) is 72.8 Å². The van der Waals surface area contributed by atoms with Gasteiger partial charge in [-0.25, -0.2) is 0 Å². The number of aliphatic hydroxyl groups is 1. The van der Waals surface area contributed by atoms with Crippen molar-refractivity contribution in [1.82, 2.24) is 0 Å². The molecule has 1 N–H and O–H groups in total. The van der Waals surface area contributed by atoms with Gasteiger partial charge in [0.1, 0.15) is 11.5 Å². The highest BCUT2D eigenvalue weighted by Gasteiger charge is 2.31. The van der Waals surface area contributed by atoms with Gasteiger partial charge in [0.25, 0.3) is 0 Å². The molecule has 1 aliphatic rings. The van der Waals surface area contributed by atoms with Crippen LogP contribution in [0.5, 0.6) is 11.5 Å². The van der Waals surface area contributed by atoms with Crippen LogP contribution in [-0.2, 0) is 30.3 Å². The predicted molar refractivity (Wildman–Crippen MR) is 180 cm³/mol. The van der Waals surface area contributed by atoms with Crippen LogP contribution in [0.1, 0.15) is 83.6 Å². The molecule has 5 atom stereocenters. The van der Waals surface area contributed by atoms with Crippen molar-refractivity contribution in [2.24, 2.45) is 11.3 Å². The van der Waals surface area contributed by atoms with Crippen LogP contribution in [0.3, 0.4) is 0 Å². The molecule has 254 valence electrons.